The topological polar surface area (TPSA) is 40.5 Å². The van der Waals surface area contributed by atoms with Crippen molar-refractivity contribution in [1.82, 2.24) is 4.90 Å². The highest BCUT2D eigenvalue weighted by Crippen LogP contribution is 2.26. The van der Waals surface area contributed by atoms with Crippen molar-refractivity contribution in [3.8, 4) is 0 Å². The minimum absolute atomic E-state index is 0.200. The predicted molar refractivity (Wildman–Crippen MR) is 73.2 cm³/mol. The van der Waals surface area contributed by atoms with Gasteiger partial charge in [-0.3, -0.25) is 4.79 Å². The summed E-state index contributed by atoms with van der Waals surface area (Å²) in [5.41, 5.74) is -0.798. The maximum absolute atomic E-state index is 12.1. The van der Waals surface area contributed by atoms with Crippen LogP contribution in [0.3, 0.4) is 0 Å². The Kier molecular flexibility index (Phi) is 5.80. The average molecular weight is 259 g/mol. The van der Waals surface area contributed by atoms with E-state index in [0.717, 1.165) is 12.8 Å². The number of likely N-dealkylation sites (N-methyl/N-ethyl adjacent to an activating group) is 1. The highest BCUT2D eigenvalue weighted by Gasteiger charge is 2.24. The van der Waals surface area contributed by atoms with Crippen LogP contribution in [-0.4, -0.2) is 46.1 Å². The van der Waals surface area contributed by atoms with E-state index in [2.05, 4.69) is 0 Å². The lowest BCUT2D eigenvalue weighted by molar-refractivity contribution is -0.135. The van der Waals surface area contributed by atoms with Crippen molar-refractivity contribution in [2.75, 3.05) is 24.6 Å². The number of amides is 1. The van der Waals surface area contributed by atoms with Crippen LogP contribution in [0.5, 0.6) is 0 Å². The third-order valence-electron chi connectivity index (χ3n) is 3.12. The summed E-state index contributed by atoms with van der Waals surface area (Å²) in [6.45, 7) is 6.59. The summed E-state index contributed by atoms with van der Waals surface area (Å²) in [5, 5.41) is 9.78. The second kappa shape index (κ2) is 6.64. The summed E-state index contributed by atoms with van der Waals surface area (Å²) in [7, 11) is 0. The van der Waals surface area contributed by atoms with E-state index in [1.807, 2.05) is 18.7 Å². The third kappa shape index (κ3) is 5.77. The van der Waals surface area contributed by atoms with Crippen LogP contribution in [0.4, 0.5) is 0 Å². The molecule has 1 rings (SSSR count). The summed E-state index contributed by atoms with van der Waals surface area (Å²) >= 11 is 1.99. The van der Waals surface area contributed by atoms with Crippen molar-refractivity contribution in [2.24, 2.45) is 5.92 Å². The molecule has 0 unspecified atom stereocenters. The van der Waals surface area contributed by atoms with Crippen LogP contribution in [-0.2, 0) is 4.79 Å². The minimum atomic E-state index is -0.798. The molecule has 100 valence electrons. The Bertz CT molecular complexity index is 244. The normalized spacial score (nSPS) is 18.1. The molecular weight excluding hydrogens is 234 g/mol. The molecule has 1 saturated heterocycles. The molecule has 0 aromatic rings. The van der Waals surface area contributed by atoms with Gasteiger partial charge in [-0.2, -0.15) is 11.8 Å². The smallest absolute Gasteiger partial charge is 0.222 e. The number of carbonyl (C=O) groups is 1. The highest BCUT2D eigenvalue weighted by atomic mass is 32.2. The molecular formula is C13H25NO2S. The van der Waals surface area contributed by atoms with Gasteiger partial charge in [0.1, 0.15) is 0 Å². The van der Waals surface area contributed by atoms with Crippen molar-refractivity contribution in [3.05, 3.63) is 0 Å². The quantitative estimate of drug-likeness (QED) is 0.822. The Balaban J connectivity index is 2.42. The van der Waals surface area contributed by atoms with Crippen molar-refractivity contribution >= 4 is 17.7 Å². The molecule has 0 aromatic heterocycles. The monoisotopic (exact) mass is 259 g/mol. The number of hydrogen-bond acceptors (Lipinski definition) is 3. The zero-order chi connectivity index (χ0) is 12.9. The van der Waals surface area contributed by atoms with Gasteiger partial charge in [0.25, 0.3) is 0 Å². The number of carbonyl (C=O) groups excluding carboxylic acids is 1. The zero-order valence-corrected chi connectivity index (χ0v) is 12.1. The van der Waals surface area contributed by atoms with Crippen LogP contribution in [0.2, 0.25) is 0 Å². The van der Waals surface area contributed by atoms with Crippen LogP contribution in [0.1, 0.15) is 40.0 Å². The van der Waals surface area contributed by atoms with Gasteiger partial charge in [-0.05, 0) is 51.0 Å². The molecule has 1 aliphatic heterocycles. The van der Waals surface area contributed by atoms with Crippen LogP contribution >= 0.6 is 11.8 Å². The molecule has 0 radical (unpaired) electrons. The molecule has 0 aromatic carbocycles. The maximum atomic E-state index is 12.1. The fourth-order valence-corrected chi connectivity index (χ4v) is 3.37. The van der Waals surface area contributed by atoms with Gasteiger partial charge < -0.3 is 10.0 Å². The van der Waals surface area contributed by atoms with Gasteiger partial charge >= 0.3 is 0 Å². The molecule has 1 heterocycles. The summed E-state index contributed by atoms with van der Waals surface area (Å²) in [6, 6.07) is 0. The van der Waals surface area contributed by atoms with E-state index in [-0.39, 0.29) is 5.91 Å². The van der Waals surface area contributed by atoms with Gasteiger partial charge in [-0.25, -0.2) is 0 Å². The highest BCUT2D eigenvalue weighted by molar-refractivity contribution is 7.99. The van der Waals surface area contributed by atoms with Gasteiger partial charge in [-0.1, -0.05) is 0 Å². The van der Waals surface area contributed by atoms with E-state index in [4.69, 9.17) is 0 Å². The lowest BCUT2D eigenvalue weighted by Gasteiger charge is -2.30. The Morgan fingerprint density at radius 2 is 2.00 bits per heavy atom. The van der Waals surface area contributed by atoms with E-state index in [1.54, 1.807) is 18.7 Å². The first kappa shape index (κ1) is 14.8. The Labute approximate surface area is 109 Å². The number of nitrogens with zero attached hydrogens (tertiary/aromatic N) is 1. The number of thioether (sulfide) groups is 1. The van der Waals surface area contributed by atoms with Gasteiger partial charge in [0, 0.05) is 19.5 Å². The molecule has 1 N–H and O–H groups in total. The van der Waals surface area contributed by atoms with Crippen LogP contribution in [0.15, 0.2) is 0 Å². The summed E-state index contributed by atoms with van der Waals surface area (Å²) in [6.07, 6.45) is 2.98. The van der Waals surface area contributed by atoms with Gasteiger partial charge in [-0.15, -0.1) is 0 Å². The fourth-order valence-electron chi connectivity index (χ4n) is 2.17. The van der Waals surface area contributed by atoms with Crippen LogP contribution in [0, 0.1) is 5.92 Å². The minimum Gasteiger partial charge on any atom is -0.389 e. The van der Waals surface area contributed by atoms with Crippen molar-refractivity contribution in [1.29, 1.82) is 0 Å². The zero-order valence-electron chi connectivity index (χ0n) is 11.2. The number of rotatable bonds is 5. The third-order valence-corrected chi connectivity index (χ3v) is 4.17. The number of aliphatic hydroxyl groups is 1. The summed E-state index contributed by atoms with van der Waals surface area (Å²) in [4.78, 5) is 13.9. The fraction of sp³-hybridized carbons (Fsp3) is 0.923. The van der Waals surface area contributed by atoms with Crippen molar-refractivity contribution in [2.45, 2.75) is 45.6 Å². The van der Waals surface area contributed by atoms with Crippen LogP contribution in [0.25, 0.3) is 0 Å². The summed E-state index contributed by atoms with van der Waals surface area (Å²) in [5.74, 6) is 3.14. The van der Waals surface area contributed by atoms with E-state index < -0.39 is 5.60 Å². The lowest BCUT2D eigenvalue weighted by Crippen LogP contribution is -2.42. The van der Waals surface area contributed by atoms with E-state index in [0.29, 0.717) is 25.4 Å². The molecule has 1 amide bonds. The molecule has 3 nitrogen and oxygen atoms in total. The lowest BCUT2D eigenvalue weighted by atomic mass is 9.97. The van der Waals surface area contributed by atoms with Crippen LogP contribution < -0.4 is 0 Å². The van der Waals surface area contributed by atoms with E-state index in [9.17, 15) is 9.90 Å². The maximum Gasteiger partial charge on any atom is 0.222 e. The van der Waals surface area contributed by atoms with Gasteiger partial charge in [0.15, 0.2) is 0 Å². The molecule has 0 aliphatic carbocycles. The molecule has 0 bridgehead atoms. The van der Waals surface area contributed by atoms with Crippen molar-refractivity contribution in [3.63, 3.8) is 0 Å². The Hall–Kier alpha value is -0.220. The Morgan fingerprint density at radius 3 is 2.47 bits per heavy atom. The molecule has 4 heteroatoms. The molecule has 0 spiro atoms. The first-order chi connectivity index (χ1) is 7.92. The molecule has 1 aliphatic rings. The first-order valence-corrected chi connectivity index (χ1v) is 7.65. The van der Waals surface area contributed by atoms with Gasteiger partial charge in [0.05, 0.1) is 5.60 Å². The Morgan fingerprint density at radius 1 is 1.41 bits per heavy atom. The predicted octanol–water partition coefficient (Wildman–Crippen LogP) is 2.14. The average Bonchev–Trinajstić information content (AvgIpc) is 2.26. The largest absolute Gasteiger partial charge is 0.389 e. The molecule has 1 fully saturated rings. The number of hydrogen-bond donors (Lipinski definition) is 1. The SMILES string of the molecule is CCN(CC(C)(C)O)C(=O)CC1CCSCC1. The van der Waals surface area contributed by atoms with E-state index in [1.165, 1.54) is 11.5 Å². The van der Waals surface area contributed by atoms with Gasteiger partial charge in [0.2, 0.25) is 5.91 Å². The summed E-state index contributed by atoms with van der Waals surface area (Å²) < 4.78 is 0. The standard InChI is InChI=1S/C13H25NO2S/c1-4-14(10-13(2,3)16)12(15)9-11-5-7-17-8-6-11/h11,16H,4-10H2,1-3H3. The van der Waals surface area contributed by atoms with Crippen molar-refractivity contribution < 1.29 is 9.90 Å². The molecule has 0 atom stereocenters. The van der Waals surface area contributed by atoms with E-state index >= 15 is 0 Å². The first-order valence-electron chi connectivity index (χ1n) is 6.50. The second-order valence-corrected chi connectivity index (χ2v) is 6.70. The molecule has 0 saturated carbocycles. The molecule has 17 heavy (non-hydrogen) atoms. The second-order valence-electron chi connectivity index (χ2n) is 5.48.